The van der Waals surface area contributed by atoms with Crippen molar-refractivity contribution >= 4 is 27.4 Å². The van der Waals surface area contributed by atoms with E-state index in [1.165, 1.54) is 35.1 Å². The maximum absolute atomic E-state index is 9.78. The van der Waals surface area contributed by atoms with Gasteiger partial charge in [0.05, 0.1) is 31.8 Å². The molecule has 0 unspecified atom stereocenters. The maximum atomic E-state index is 9.78. The van der Waals surface area contributed by atoms with Crippen molar-refractivity contribution in [1.82, 2.24) is 19.8 Å². The first-order chi connectivity index (χ1) is 15.1. The second kappa shape index (κ2) is 9.27. The van der Waals surface area contributed by atoms with Gasteiger partial charge in [0.1, 0.15) is 16.5 Å². The molecule has 170 valence electrons. The van der Waals surface area contributed by atoms with Crippen LogP contribution in [0.1, 0.15) is 41.9 Å². The van der Waals surface area contributed by atoms with Crippen LogP contribution in [-0.2, 0) is 11.3 Å². The Labute approximate surface area is 189 Å². The molecular formula is C23H35N5O2S. The lowest BCUT2D eigenvalue weighted by atomic mass is 10.1. The number of morpholine rings is 1. The third-order valence-electron chi connectivity index (χ3n) is 7.33. The predicted molar refractivity (Wildman–Crippen MR) is 125 cm³/mol. The Kier molecular flexibility index (Phi) is 6.44. The number of fused-ring (bicyclic) bond motifs is 1. The van der Waals surface area contributed by atoms with Gasteiger partial charge < -0.3 is 14.7 Å². The number of aryl methyl sites for hydroxylation is 2. The zero-order valence-corrected chi connectivity index (χ0v) is 19.7. The Balaban J connectivity index is 1.46. The number of hydrogen-bond donors (Lipinski definition) is 1. The van der Waals surface area contributed by atoms with E-state index in [1.54, 1.807) is 11.3 Å². The molecule has 31 heavy (non-hydrogen) atoms. The molecule has 0 aromatic carbocycles. The molecule has 3 saturated heterocycles. The summed E-state index contributed by atoms with van der Waals surface area (Å²) in [5.41, 5.74) is 1.33. The van der Waals surface area contributed by atoms with Crippen LogP contribution in [0.3, 0.4) is 0 Å². The van der Waals surface area contributed by atoms with Gasteiger partial charge in [-0.05, 0) is 51.6 Å². The molecule has 3 fully saturated rings. The van der Waals surface area contributed by atoms with E-state index in [2.05, 4.69) is 28.5 Å². The highest BCUT2D eigenvalue weighted by atomic mass is 32.1. The van der Waals surface area contributed by atoms with Crippen molar-refractivity contribution in [2.45, 2.75) is 58.2 Å². The zero-order chi connectivity index (χ0) is 21.4. The topological polar surface area (TPSA) is 65.0 Å². The summed E-state index contributed by atoms with van der Waals surface area (Å²) in [6.45, 7) is 12.2. The maximum Gasteiger partial charge on any atom is 0.146 e. The minimum atomic E-state index is 0.275. The van der Waals surface area contributed by atoms with Crippen LogP contribution in [0.4, 0.5) is 5.82 Å². The number of thiophene rings is 1. The molecule has 3 aliphatic heterocycles. The van der Waals surface area contributed by atoms with Gasteiger partial charge in [-0.3, -0.25) is 9.80 Å². The summed E-state index contributed by atoms with van der Waals surface area (Å²) in [5.74, 6) is 2.07. The molecule has 2 aromatic rings. The van der Waals surface area contributed by atoms with Crippen molar-refractivity contribution < 1.29 is 9.84 Å². The second-order valence-corrected chi connectivity index (χ2v) is 10.5. The third-order valence-corrected chi connectivity index (χ3v) is 8.43. The first-order valence-electron chi connectivity index (χ1n) is 11.8. The Morgan fingerprint density at radius 3 is 2.61 bits per heavy atom. The lowest BCUT2D eigenvalue weighted by Gasteiger charge is -2.32. The number of rotatable bonds is 6. The van der Waals surface area contributed by atoms with E-state index in [0.717, 1.165) is 75.4 Å². The van der Waals surface area contributed by atoms with E-state index in [1.807, 2.05) is 0 Å². The van der Waals surface area contributed by atoms with Crippen LogP contribution in [0, 0.1) is 13.8 Å². The molecule has 3 aliphatic rings. The summed E-state index contributed by atoms with van der Waals surface area (Å²) in [5, 5.41) is 11.0. The van der Waals surface area contributed by atoms with E-state index in [-0.39, 0.29) is 6.61 Å². The monoisotopic (exact) mass is 445 g/mol. The molecular weight excluding hydrogens is 410 g/mol. The highest BCUT2D eigenvalue weighted by molar-refractivity contribution is 7.18. The van der Waals surface area contributed by atoms with Gasteiger partial charge in [0.25, 0.3) is 0 Å². The van der Waals surface area contributed by atoms with Crippen LogP contribution in [-0.4, -0.2) is 89.5 Å². The lowest BCUT2D eigenvalue weighted by Crippen LogP contribution is -2.44. The predicted octanol–water partition coefficient (Wildman–Crippen LogP) is 2.57. The van der Waals surface area contributed by atoms with Gasteiger partial charge in [-0.1, -0.05) is 0 Å². The summed E-state index contributed by atoms with van der Waals surface area (Å²) in [6.07, 6.45) is 4.71. The highest BCUT2D eigenvalue weighted by Gasteiger charge is 2.33. The molecule has 0 radical (unpaired) electrons. The molecule has 5 heterocycles. The van der Waals surface area contributed by atoms with E-state index in [4.69, 9.17) is 14.7 Å². The molecule has 1 N–H and O–H groups in total. The average molecular weight is 446 g/mol. The van der Waals surface area contributed by atoms with E-state index < -0.39 is 0 Å². The minimum absolute atomic E-state index is 0.275. The molecule has 0 spiro atoms. The molecule has 0 saturated carbocycles. The molecule has 2 aromatic heterocycles. The molecule has 2 atom stereocenters. The number of aliphatic hydroxyl groups is 1. The first-order valence-corrected chi connectivity index (χ1v) is 12.6. The number of aliphatic hydroxyl groups excluding tert-OH is 1. The van der Waals surface area contributed by atoms with Gasteiger partial charge in [-0.2, -0.15) is 0 Å². The number of hydrogen-bond acceptors (Lipinski definition) is 8. The fourth-order valence-electron chi connectivity index (χ4n) is 5.43. The summed E-state index contributed by atoms with van der Waals surface area (Å²) >= 11 is 1.80. The lowest BCUT2D eigenvalue weighted by molar-refractivity contribution is 0.0331. The summed E-state index contributed by atoms with van der Waals surface area (Å²) < 4.78 is 5.52. The number of ether oxygens (including phenoxy) is 1. The summed E-state index contributed by atoms with van der Waals surface area (Å²) in [4.78, 5) is 20.1. The quantitative estimate of drug-likeness (QED) is 0.733. The number of likely N-dealkylation sites (tertiary alicyclic amines) is 1. The van der Waals surface area contributed by atoms with Crippen LogP contribution in [0.2, 0.25) is 0 Å². The molecule has 0 aliphatic carbocycles. The fourth-order valence-corrected chi connectivity index (χ4v) is 6.47. The van der Waals surface area contributed by atoms with Crippen LogP contribution < -0.4 is 4.90 Å². The highest BCUT2D eigenvalue weighted by Crippen LogP contribution is 2.38. The molecule has 0 bridgehead atoms. The number of nitrogens with zero attached hydrogens (tertiary/aromatic N) is 5. The van der Waals surface area contributed by atoms with Gasteiger partial charge in [0.15, 0.2) is 0 Å². The Morgan fingerprint density at radius 2 is 1.81 bits per heavy atom. The van der Waals surface area contributed by atoms with Crippen molar-refractivity contribution in [3.63, 3.8) is 0 Å². The van der Waals surface area contributed by atoms with E-state index in [0.29, 0.717) is 12.1 Å². The van der Waals surface area contributed by atoms with Crippen molar-refractivity contribution in [1.29, 1.82) is 0 Å². The second-order valence-electron chi connectivity index (χ2n) is 9.28. The number of aromatic nitrogens is 2. The van der Waals surface area contributed by atoms with Gasteiger partial charge in [0, 0.05) is 43.1 Å². The van der Waals surface area contributed by atoms with Crippen molar-refractivity contribution in [2.24, 2.45) is 0 Å². The Hall–Kier alpha value is -1.32. The molecule has 5 rings (SSSR count). The normalized spacial score (nSPS) is 25.8. The minimum Gasteiger partial charge on any atom is -0.395 e. The van der Waals surface area contributed by atoms with Gasteiger partial charge in [0.2, 0.25) is 0 Å². The van der Waals surface area contributed by atoms with E-state index in [9.17, 15) is 5.11 Å². The van der Waals surface area contributed by atoms with Gasteiger partial charge in [-0.15, -0.1) is 11.3 Å². The van der Waals surface area contributed by atoms with E-state index >= 15 is 0 Å². The SMILES string of the molecule is Cc1sc2nc(CN3CCOCC3)nc(N3CCC[C@H]3CN3CCC[C@@H]3CO)c2c1C. The Bertz CT molecular complexity index is 913. The zero-order valence-electron chi connectivity index (χ0n) is 18.8. The smallest absolute Gasteiger partial charge is 0.146 e. The standard InChI is InChI=1S/C23H35N5O2S/c1-16-17(2)31-23-21(16)22(24-20(25-23)14-26-9-11-30-12-10-26)28-8-4-5-18(28)13-27-7-3-6-19(27)15-29/h18-19,29H,3-15H2,1-2H3/t18-,19+/m0/s1. The molecule has 7 nitrogen and oxygen atoms in total. The van der Waals surface area contributed by atoms with Gasteiger partial charge in [-0.25, -0.2) is 9.97 Å². The van der Waals surface area contributed by atoms with Crippen molar-refractivity contribution in [3.05, 3.63) is 16.3 Å². The fraction of sp³-hybridized carbons (Fsp3) is 0.739. The summed E-state index contributed by atoms with van der Waals surface area (Å²) in [7, 11) is 0. The first kappa shape index (κ1) is 21.5. The van der Waals surface area contributed by atoms with Crippen molar-refractivity contribution in [3.8, 4) is 0 Å². The third kappa shape index (κ3) is 4.33. The Morgan fingerprint density at radius 1 is 1.03 bits per heavy atom. The van der Waals surface area contributed by atoms with Crippen LogP contribution in [0.25, 0.3) is 10.2 Å². The van der Waals surface area contributed by atoms with Crippen LogP contribution in [0.5, 0.6) is 0 Å². The van der Waals surface area contributed by atoms with Crippen LogP contribution in [0.15, 0.2) is 0 Å². The van der Waals surface area contributed by atoms with Crippen molar-refractivity contribution in [2.75, 3.05) is 57.4 Å². The average Bonchev–Trinajstić information content (AvgIpc) is 3.49. The largest absolute Gasteiger partial charge is 0.395 e. The summed E-state index contributed by atoms with van der Waals surface area (Å²) in [6, 6.07) is 0.788. The van der Waals surface area contributed by atoms with Crippen LogP contribution >= 0.6 is 11.3 Å². The molecule has 8 heteroatoms. The van der Waals surface area contributed by atoms with Gasteiger partial charge >= 0.3 is 0 Å². The number of anilines is 1. The molecule has 0 amide bonds.